The number of carbonyl (C=O) groups excluding carboxylic acids is 1. The van der Waals surface area contributed by atoms with Crippen LogP contribution < -0.4 is 10.6 Å². The second kappa shape index (κ2) is 6.20. The van der Waals surface area contributed by atoms with Gasteiger partial charge in [-0.3, -0.25) is 4.79 Å². The lowest BCUT2D eigenvalue weighted by Crippen LogP contribution is -2.44. The fraction of sp³-hybridized carbons (Fsp3) is 0.562. The number of amides is 1. The Morgan fingerprint density at radius 2 is 2.11 bits per heavy atom. The summed E-state index contributed by atoms with van der Waals surface area (Å²) in [5, 5.41) is 6.48. The van der Waals surface area contributed by atoms with Crippen molar-refractivity contribution in [2.75, 3.05) is 13.1 Å². The summed E-state index contributed by atoms with van der Waals surface area (Å²) in [6.45, 7) is 8.16. The van der Waals surface area contributed by atoms with E-state index in [4.69, 9.17) is 0 Å². The van der Waals surface area contributed by atoms with Gasteiger partial charge in [0.05, 0.1) is 12.0 Å². The monoisotopic (exact) mass is 260 g/mol. The number of carbonyl (C=O) groups is 1. The Balaban J connectivity index is 1.97. The molecule has 0 aromatic heterocycles. The summed E-state index contributed by atoms with van der Waals surface area (Å²) in [6.07, 6.45) is 0.985. The zero-order chi connectivity index (χ0) is 13.8. The molecule has 1 saturated heterocycles. The van der Waals surface area contributed by atoms with Crippen LogP contribution in [0.5, 0.6) is 0 Å². The molecule has 3 nitrogen and oxygen atoms in total. The van der Waals surface area contributed by atoms with Crippen molar-refractivity contribution in [2.24, 2.45) is 11.8 Å². The standard InChI is InChI=1S/C16H24N2O/c1-11-8-14(10-17-9-11)16(19)18-13(3)15-7-5-4-6-12(15)2/h4-7,11,13-14,17H,8-10H2,1-3H3,(H,18,19). The molecule has 1 fully saturated rings. The van der Waals surface area contributed by atoms with Crippen LogP contribution in [0.2, 0.25) is 0 Å². The molecule has 3 heteroatoms. The van der Waals surface area contributed by atoms with Crippen molar-refractivity contribution in [1.29, 1.82) is 0 Å². The quantitative estimate of drug-likeness (QED) is 0.876. The molecular weight excluding hydrogens is 236 g/mol. The molecule has 1 aromatic rings. The fourth-order valence-electron chi connectivity index (χ4n) is 2.84. The van der Waals surface area contributed by atoms with Crippen molar-refractivity contribution in [3.05, 3.63) is 35.4 Å². The molecule has 0 saturated carbocycles. The minimum absolute atomic E-state index is 0.0749. The van der Waals surface area contributed by atoms with E-state index >= 15 is 0 Å². The molecule has 1 aromatic carbocycles. The summed E-state index contributed by atoms with van der Waals surface area (Å²) in [4.78, 5) is 12.3. The lowest BCUT2D eigenvalue weighted by atomic mass is 9.90. The molecule has 3 unspecified atom stereocenters. The summed E-state index contributed by atoms with van der Waals surface area (Å²) in [7, 11) is 0. The highest BCUT2D eigenvalue weighted by Crippen LogP contribution is 2.20. The molecule has 1 amide bonds. The second-order valence-corrected chi connectivity index (χ2v) is 5.78. The Morgan fingerprint density at radius 3 is 2.79 bits per heavy atom. The van der Waals surface area contributed by atoms with Gasteiger partial charge in [0.2, 0.25) is 5.91 Å². The maximum atomic E-state index is 12.3. The molecule has 104 valence electrons. The van der Waals surface area contributed by atoms with E-state index in [-0.39, 0.29) is 17.9 Å². The number of rotatable bonds is 3. The first-order chi connectivity index (χ1) is 9.08. The van der Waals surface area contributed by atoms with E-state index in [2.05, 4.69) is 43.5 Å². The van der Waals surface area contributed by atoms with Crippen molar-refractivity contribution < 1.29 is 4.79 Å². The van der Waals surface area contributed by atoms with E-state index in [0.29, 0.717) is 5.92 Å². The summed E-state index contributed by atoms with van der Waals surface area (Å²) in [5.74, 6) is 0.864. The van der Waals surface area contributed by atoms with Crippen molar-refractivity contribution in [3.63, 3.8) is 0 Å². The Bertz CT molecular complexity index is 444. The average molecular weight is 260 g/mol. The van der Waals surface area contributed by atoms with E-state index in [0.717, 1.165) is 19.5 Å². The Morgan fingerprint density at radius 1 is 1.37 bits per heavy atom. The summed E-state index contributed by atoms with van der Waals surface area (Å²) < 4.78 is 0. The van der Waals surface area contributed by atoms with Gasteiger partial charge in [0.25, 0.3) is 0 Å². The van der Waals surface area contributed by atoms with E-state index in [9.17, 15) is 4.79 Å². The zero-order valence-electron chi connectivity index (χ0n) is 12.1. The Hall–Kier alpha value is -1.35. The zero-order valence-corrected chi connectivity index (χ0v) is 12.1. The molecule has 0 spiro atoms. The van der Waals surface area contributed by atoms with Crippen molar-refractivity contribution in [3.8, 4) is 0 Å². The summed E-state index contributed by atoms with van der Waals surface area (Å²) in [5.41, 5.74) is 2.43. The normalized spacial score (nSPS) is 24.8. The van der Waals surface area contributed by atoms with Gasteiger partial charge in [-0.2, -0.15) is 0 Å². The number of piperidine rings is 1. The van der Waals surface area contributed by atoms with Crippen LogP contribution in [0, 0.1) is 18.8 Å². The SMILES string of the molecule is Cc1ccccc1C(C)NC(=O)C1CNCC(C)C1. The number of hydrogen-bond acceptors (Lipinski definition) is 2. The molecular formula is C16H24N2O. The van der Waals surface area contributed by atoms with E-state index < -0.39 is 0 Å². The maximum Gasteiger partial charge on any atom is 0.224 e. The van der Waals surface area contributed by atoms with E-state index in [1.54, 1.807) is 0 Å². The van der Waals surface area contributed by atoms with Gasteiger partial charge in [0, 0.05) is 6.54 Å². The molecule has 3 atom stereocenters. The highest BCUT2D eigenvalue weighted by Gasteiger charge is 2.25. The first kappa shape index (κ1) is 14.1. The average Bonchev–Trinajstić information content (AvgIpc) is 2.39. The van der Waals surface area contributed by atoms with Gasteiger partial charge in [0.15, 0.2) is 0 Å². The first-order valence-corrected chi connectivity index (χ1v) is 7.14. The van der Waals surface area contributed by atoms with Crippen LogP contribution in [0.25, 0.3) is 0 Å². The molecule has 0 radical (unpaired) electrons. The van der Waals surface area contributed by atoms with Crippen molar-refractivity contribution >= 4 is 5.91 Å². The van der Waals surface area contributed by atoms with Crippen LogP contribution in [0.4, 0.5) is 0 Å². The van der Waals surface area contributed by atoms with Crippen LogP contribution >= 0.6 is 0 Å². The van der Waals surface area contributed by atoms with Gasteiger partial charge < -0.3 is 10.6 Å². The molecule has 1 aliphatic rings. The van der Waals surface area contributed by atoms with Crippen LogP contribution in [0.1, 0.15) is 37.4 Å². The topological polar surface area (TPSA) is 41.1 Å². The maximum absolute atomic E-state index is 12.3. The molecule has 0 bridgehead atoms. The molecule has 19 heavy (non-hydrogen) atoms. The predicted octanol–water partition coefficient (Wildman–Crippen LogP) is 2.42. The molecule has 1 heterocycles. The number of benzene rings is 1. The summed E-state index contributed by atoms with van der Waals surface area (Å²) in [6, 6.07) is 8.30. The molecule has 0 aliphatic carbocycles. The van der Waals surface area contributed by atoms with Crippen LogP contribution in [-0.4, -0.2) is 19.0 Å². The highest BCUT2D eigenvalue weighted by atomic mass is 16.2. The smallest absolute Gasteiger partial charge is 0.224 e. The molecule has 2 rings (SSSR count). The molecule has 1 aliphatic heterocycles. The van der Waals surface area contributed by atoms with Gasteiger partial charge in [-0.05, 0) is 43.9 Å². The first-order valence-electron chi connectivity index (χ1n) is 7.14. The third kappa shape index (κ3) is 3.57. The van der Waals surface area contributed by atoms with Gasteiger partial charge in [-0.15, -0.1) is 0 Å². The highest BCUT2D eigenvalue weighted by molar-refractivity contribution is 5.79. The number of nitrogens with one attached hydrogen (secondary N) is 2. The Kier molecular flexibility index (Phi) is 4.59. The van der Waals surface area contributed by atoms with E-state index in [1.807, 2.05) is 12.1 Å². The third-order valence-electron chi connectivity index (χ3n) is 3.95. The van der Waals surface area contributed by atoms with Crippen LogP contribution in [0.15, 0.2) is 24.3 Å². The van der Waals surface area contributed by atoms with Crippen LogP contribution in [-0.2, 0) is 4.79 Å². The predicted molar refractivity (Wildman–Crippen MR) is 77.9 cm³/mol. The van der Waals surface area contributed by atoms with Gasteiger partial charge >= 0.3 is 0 Å². The minimum Gasteiger partial charge on any atom is -0.349 e. The van der Waals surface area contributed by atoms with Gasteiger partial charge in [-0.25, -0.2) is 0 Å². The number of hydrogen-bond donors (Lipinski definition) is 2. The third-order valence-corrected chi connectivity index (χ3v) is 3.95. The lowest BCUT2D eigenvalue weighted by Gasteiger charge is -2.28. The number of aryl methyl sites for hydroxylation is 1. The Labute approximate surface area is 115 Å². The van der Waals surface area contributed by atoms with Crippen LogP contribution in [0.3, 0.4) is 0 Å². The van der Waals surface area contributed by atoms with Gasteiger partial charge in [-0.1, -0.05) is 31.2 Å². The van der Waals surface area contributed by atoms with Crippen molar-refractivity contribution in [1.82, 2.24) is 10.6 Å². The minimum atomic E-state index is 0.0749. The fourth-order valence-corrected chi connectivity index (χ4v) is 2.84. The summed E-state index contributed by atoms with van der Waals surface area (Å²) >= 11 is 0. The second-order valence-electron chi connectivity index (χ2n) is 5.78. The lowest BCUT2D eigenvalue weighted by molar-refractivity contribution is -0.126. The molecule has 2 N–H and O–H groups in total. The van der Waals surface area contributed by atoms with Crippen molar-refractivity contribution in [2.45, 2.75) is 33.2 Å². The largest absolute Gasteiger partial charge is 0.349 e. The van der Waals surface area contributed by atoms with E-state index in [1.165, 1.54) is 11.1 Å². The van der Waals surface area contributed by atoms with Gasteiger partial charge in [0.1, 0.15) is 0 Å².